The van der Waals surface area contributed by atoms with Crippen molar-refractivity contribution in [1.29, 1.82) is 0 Å². The number of halogens is 2. The van der Waals surface area contributed by atoms with Gasteiger partial charge in [-0.2, -0.15) is 11.5 Å². The molecular formula is C26H37Cl2N4O3S2Tc. The van der Waals surface area contributed by atoms with Gasteiger partial charge in [-0.3, -0.25) is 4.90 Å². The Morgan fingerprint density at radius 1 is 1.18 bits per heavy atom. The number of hydrogen-bond donors (Lipinski definition) is 0. The van der Waals surface area contributed by atoms with Crippen LogP contribution in [0.1, 0.15) is 50.5 Å². The first-order chi connectivity index (χ1) is 17.4. The molecule has 0 aliphatic carbocycles. The van der Waals surface area contributed by atoms with Gasteiger partial charge in [-0.15, -0.1) is 0 Å². The van der Waals surface area contributed by atoms with Crippen LogP contribution in [-0.4, -0.2) is 84.8 Å². The summed E-state index contributed by atoms with van der Waals surface area (Å²) in [6.07, 6.45) is 5.19. The number of fused-ring (bicyclic) bond motifs is 2. The van der Waals surface area contributed by atoms with Crippen molar-refractivity contribution >= 4 is 60.1 Å². The van der Waals surface area contributed by atoms with E-state index in [0.717, 1.165) is 51.0 Å². The molecule has 4 atom stereocenters. The predicted molar refractivity (Wildman–Crippen MR) is 154 cm³/mol. The molecule has 2 saturated heterocycles. The quantitative estimate of drug-likeness (QED) is 0.128. The summed E-state index contributed by atoms with van der Waals surface area (Å²) in [4.78, 5) is 14.1. The number of nitrogens with zero attached hydrogens (tertiary/aromatic N) is 4. The van der Waals surface area contributed by atoms with E-state index in [-0.39, 0.29) is 37.4 Å². The van der Waals surface area contributed by atoms with Crippen LogP contribution in [0.25, 0.3) is 0 Å². The average molecular weight is 687 g/mol. The van der Waals surface area contributed by atoms with E-state index in [0.29, 0.717) is 52.6 Å². The largest absolute Gasteiger partial charge is 5.00 e. The molecule has 3 rings (SSSR count). The monoisotopic (exact) mass is 685 g/mol. The second kappa shape index (κ2) is 18.4. The van der Waals surface area contributed by atoms with Gasteiger partial charge >= 0.3 is 20.1 Å². The van der Waals surface area contributed by atoms with Crippen LogP contribution in [0.4, 0.5) is 0 Å². The molecule has 4 unspecified atom stereocenters. The zero-order valence-electron chi connectivity index (χ0n) is 22.0. The Kier molecular flexibility index (Phi) is 17.4. The predicted octanol–water partition coefficient (Wildman–Crippen LogP) is 3.77. The molecule has 7 nitrogen and oxygen atoms in total. The van der Waals surface area contributed by atoms with Crippen molar-refractivity contribution in [2.45, 2.75) is 57.0 Å². The maximum Gasteiger partial charge on any atom is 5.00 e. The van der Waals surface area contributed by atoms with Crippen molar-refractivity contribution in [3.05, 3.63) is 33.8 Å². The molecule has 0 amide bonds. The molecule has 0 saturated carbocycles. The van der Waals surface area contributed by atoms with Crippen molar-refractivity contribution in [2.24, 2.45) is 16.1 Å². The minimum Gasteiger partial charge on any atom is -2.00 e. The van der Waals surface area contributed by atoms with Crippen molar-refractivity contribution in [1.82, 2.24) is 9.80 Å². The molecule has 2 fully saturated rings. The first-order valence-corrected chi connectivity index (χ1v) is 14.7. The normalized spacial score (nSPS) is 23.8. The van der Waals surface area contributed by atoms with E-state index in [9.17, 15) is 5.11 Å². The molecule has 12 heteroatoms. The van der Waals surface area contributed by atoms with Gasteiger partial charge in [-0.1, -0.05) is 41.3 Å². The van der Waals surface area contributed by atoms with Gasteiger partial charge in [-0.05, 0) is 81.3 Å². The van der Waals surface area contributed by atoms with Crippen LogP contribution in [0.15, 0.2) is 28.3 Å². The van der Waals surface area contributed by atoms with Gasteiger partial charge in [0.25, 0.3) is 0 Å². The van der Waals surface area contributed by atoms with E-state index in [1.807, 2.05) is 12.1 Å². The smallest absolute Gasteiger partial charge is 2.00 e. The molecule has 0 aromatic heterocycles. The van der Waals surface area contributed by atoms with E-state index in [1.54, 1.807) is 7.11 Å². The third-order valence-corrected chi connectivity index (χ3v) is 8.53. The van der Waals surface area contributed by atoms with E-state index < -0.39 is 0 Å². The second-order valence-corrected chi connectivity index (χ2v) is 11.1. The van der Waals surface area contributed by atoms with Gasteiger partial charge in [0, 0.05) is 31.1 Å². The van der Waals surface area contributed by atoms with E-state index in [1.165, 1.54) is 12.0 Å². The van der Waals surface area contributed by atoms with Gasteiger partial charge in [-0.25, -0.2) is 0 Å². The maximum absolute atomic E-state index is 12.2. The van der Waals surface area contributed by atoms with Crippen LogP contribution in [0.3, 0.4) is 0 Å². The topological polar surface area (TPSA) is 92.0 Å². The first kappa shape index (κ1) is 36.0. The molecule has 0 N–H and O–H groups in total. The summed E-state index contributed by atoms with van der Waals surface area (Å²) in [6.45, 7) is 5.42. The van der Waals surface area contributed by atoms with Crippen molar-refractivity contribution in [3.8, 4) is 0 Å². The minimum absolute atomic E-state index is 0. The molecule has 0 radical (unpaired) electrons. The molecule has 1 aromatic carbocycles. The molecule has 0 spiro atoms. The van der Waals surface area contributed by atoms with Crippen LogP contribution in [0.2, 0.25) is 10.0 Å². The Balaban J connectivity index is 0.00000361. The third kappa shape index (κ3) is 9.52. The molecule has 1 aromatic rings. The summed E-state index contributed by atoms with van der Waals surface area (Å²) in [5, 5.41) is 17.8. The zero-order chi connectivity index (χ0) is 26.1. The first-order valence-electron chi connectivity index (χ1n) is 12.8. The summed E-state index contributed by atoms with van der Waals surface area (Å²) in [5.41, 5.74) is 2.33. The van der Waals surface area contributed by atoms with Crippen LogP contribution in [0.5, 0.6) is 0 Å². The zero-order valence-corrected chi connectivity index (χ0v) is 27.0. The molecule has 38 heavy (non-hydrogen) atoms. The van der Waals surface area contributed by atoms with Gasteiger partial charge in [0.05, 0.1) is 15.8 Å². The summed E-state index contributed by atoms with van der Waals surface area (Å²) >= 11 is 22.7. The Hall–Kier alpha value is -0.0306. The fourth-order valence-corrected chi connectivity index (χ4v) is 6.62. The number of aliphatic imine (C=N–C) groups is 1. The van der Waals surface area contributed by atoms with E-state index >= 15 is 0 Å². The van der Waals surface area contributed by atoms with Gasteiger partial charge in [0.2, 0.25) is 0 Å². The molecule has 2 bridgehead atoms. The minimum atomic E-state index is -0.103. The Morgan fingerprint density at radius 2 is 1.95 bits per heavy atom. The third-order valence-electron chi connectivity index (χ3n) is 7.43. The molecular weight excluding hydrogens is 649 g/mol. The Bertz CT molecular complexity index is 915. The van der Waals surface area contributed by atoms with Crippen LogP contribution in [0, 0.1) is 5.92 Å². The van der Waals surface area contributed by atoms with Crippen molar-refractivity contribution in [3.63, 3.8) is 0 Å². The standard InChI is InChI=1S/C26H40Cl2N4O2S2.O.Tc/c1-3-23(30-34-2)26-20(18-5-7-21(27)22(28)15-18)16-19-6-8-24(26)32(19)11-4-10-31(12-14-36)17-25(33)29-9-13-35;;/h5,7,15,19-20,24,26,35-36H,3-4,6,8-14,16-17H2,1-2H3,(H,29,33);;/q;-2;+5/p-3/i;;1+0. The Labute approximate surface area is 262 Å². The van der Waals surface area contributed by atoms with E-state index in [4.69, 9.17) is 53.3 Å². The van der Waals surface area contributed by atoms with Crippen molar-refractivity contribution in [2.75, 3.05) is 51.3 Å². The SMILES string of the molecule is CCC(=NOC)C1C(c2ccc(Cl)c(Cl)c2)CC2CCC1N2CCCN(CC[S-])CC([O-])=NCC[S-].[98Tc+5].[O-2]. The summed E-state index contributed by atoms with van der Waals surface area (Å²) in [6, 6.07) is 6.95. The molecule has 2 aliphatic heterocycles. The van der Waals surface area contributed by atoms with Crippen LogP contribution >= 0.6 is 23.2 Å². The average Bonchev–Trinajstić information content (AvgIpc) is 3.14. The number of benzene rings is 1. The maximum atomic E-state index is 12.2. The fourth-order valence-electron chi connectivity index (χ4n) is 5.97. The van der Waals surface area contributed by atoms with E-state index in [2.05, 4.69) is 32.9 Å². The second-order valence-electron chi connectivity index (χ2n) is 9.51. The number of hydrogen-bond acceptors (Lipinski definition) is 8. The summed E-state index contributed by atoms with van der Waals surface area (Å²) < 4.78 is 0. The molecule has 212 valence electrons. The summed E-state index contributed by atoms with van der Waals surface area (Å²) in [5.74, 6) is 1.55. The van der Waals surface area contributed by atoms with Gasteiger partial charge in [0.1, 0.15) is 7.11 Å². The number of piperidine rings is 1. The summed E-state index contributed by atoms with van der Waals surface area (Å²) in [7, 11) is 1.62. The number of oxime groups is 1. The fraction of sp³-hybridized carbons (Fsp3) is 0.692. The van der Waals surface area contributed by atoms with Crippen molar-refractivity contribution < 1.29 is 35.5 Å². The van der Waals surface area contributed by atoms with Crippen LogP contribution < -0.4 is 5.11 Å². The van der Waals surface area contributed by atoms with Gasteiger partial charge in [0.15, 0.2) is 0 Å². The Morgan fingerprint density at radius 3 is 2.58 bits per heavy atom. The molecule has 2 heterocycles. The van der Waals surface area contributed by atoms with Gasteiger partial charge < -0.3 is 50.6 Å². The van der Waals surface area contributed by atoms with Crippen LogP contribution in [-0.2, 0) is 55.7 Å². The molecule has 2 aliphatic rings. The number of rotatable bonds is 14.